The summed E-state index contributed by atoms with van der Waals surface area (Å²) in [4.78, 5) is 5.06. The van der Waals surface area contributed by atoms with Crippen molar-refractivity contribution in [1.82, 2.24) is 24.4 Å². The average molecular weight is 519 g/mol. The molecule has 200 valence electrons. The normalized spacial score (nSPS) is 20.3. The van der Waals surface area contributed by atoms with Crippen molar-refractivity contribution in [2.24, 2.45) is 16.6 Å². The monoisotopic (exact) mass is 518 g/mol. The number of fused-ring (bicyclic) bond motifs is 1. The summed E-state index contributed by atoms with van der Waals surface area (Å²) in [5, 5.41) is 21.9. The third-order valence-corrected chi connectivity index (χ3v) is 7.35. The van der Waals surface area contributed by atoms with Gasteiger partial charge in [-0.1, -0.05) is 23.4 Å². The van der Waals surface area contributed by atoms with Gasteiger partial charge in [-0.15, -0.1) is 0 Å². The van der Waals surface area contributed by atoms with E-state index in [4.69, 9.17) is 25.9 Å². The maximum absolute atomic E-state index is 9.43. The molecule has 5 rings (SSSR count). The summed E-state index contributed by atoms with van der Waals surface area (Å²) in [6, 6.07) is 12.0. The number of ether oxygens (including phenoxy) is 2. The molecular formula is C27H34N8O3. The van der Waals surface area contributed by atoms with E-state index in [1.807, 2.05) is 59.7 Å². The first kappa shape index (κ1) is 25.8. The lowest BCUT2D eigenvalue weighted by Gasteiger charge is -2.39. The topological polar surface area (TPSA) is 151 Å². The largest absolute Gasteiger partial charge is 0.409 e. The molecule has 1 aliphatic carbocycles. The van der Waals surface area contributed by atoms with Crippen molar-refractivity contribution in [3.05, 3.63) is 66.4 Å². The lowest BCUT2D eigenvalue weighted by molar-refractivity contribution is -0.0305. The van der Waals surface area contributed by atoms with Crippen LogP contribution in [0.3, 0.4) is 0 Å². The van der Waals surface area contributed by atoms with E-state index in [0.29, 0.717) is 32.6 Å². The third-order valence-electron chi connectivity index (χ3n) is 7.35. The zero-order valence-corrected chi connectivity index (χ0v) is 21.5. The van der Waals surface area contributed by atoms with Gasteiger partial charge in [-0.25, -0.2) is 14.2 Å². The fourth-order valence-corrected chi connectivity index (χ4v) is 5.20. The van der Waals surface area contributed by atoms with Crippen LogP contribution >= 0.6 is 0 Å². The molecule has 1 aromatic carbocycles. The van der Waals surface area contributed by atoms with E-state index in [2.05, 4.69) is 15.4 Å². The smallest absolute Gasteiger partial charge is 0.171 e. The molecule has 0 bridgehead atoms. The predicted molar refractivity (Wildman–Crippen MR) is 143 cm³/mol. The van der Waals surface area contributed by atoms with Crippen LogP contribution in [-0.4, -0.2) is 61.3 Å². The van der Waals surface area contributed by atoms with E-state index in [-0.39, 0.29) is 11.8 Å². The second kappa shape index (κ2) is 11.3. The summed E-state index contributed by atoms with van der Waals surface area (Å²) < 4.78 is 14.9. The molecule has 0 saturated heterocycles. The highest BCUT2D eigenvalue weighted by Gasteiger charge is 2.41. The molecule has 38 heavy (non-hydrogen) atoms. The Bertz CT molecular complexity index is 1390. The lowest BCUT2D eigenvalue weighted by atomic mass is 9.76. The summed E-state index contributed by atoms with van der Waals surface area (Å²) in [6.07, 6.45) is 9.18. The fourth-order valence-electron chi connectivity index (χ4n) is 5.20. The van der Waals surface area contributed by atoms with Crippen LogP contribution in [0.25, 0.3) is 22.5 Å². The van der Waals surface area contributed by atoms with E-state index in [9.17, 15) is 5.21 Å². The van der Waals surface area contributed by atoms with Gasteiger partial charge in [0.15, 0.2) is 11.5 Å². The first-order valence-electron chi connectivity index (χ1n) is 12.9. The van der Waals surface area contributed by atoms with E-state index in [1.165, 1.54) is 0 Å². The number of nitrogens with two attached hydrogens (primary N) is 2. The number of nitrogens with zero attached hydrogens (tertiary/aromatic N) is 6. The number of rotatable bonds is 10. The van der Waals surface area contributed by atoms with E-state index in [0.717, 1.165) is 53.1 Å². The van der Waals surface area contributed by atoms with Gasteiger partial charge >= 0.3 is 0 Å². The Labute approximate surface area is 221 Å². The van der Waals surface area contributed by atoms with Crippen LogP contribution in [0.5, 0.6) is 0 Å². The zero-order chi connectivity index (χ0) is 26.5. The Kier molecular flexibility index (Phi) is 7.68. The zero-order valence-electron chi connectivity index (χ0n) is 21.5. The van der Waals surface area contributed by atoms with Gasteiger partial charge in [-0.3, -0.25) is 0 Å². The van der Waals surface area contributed by atoms with Gasteiger partial charge in [0.25, 0.3) is 0 Å². The maximum atomic E-state index is 9.43. The van der Waals surface area contributed by atoms with Gasteiger partial charge in [-0.2, -0.15) is 10.2 Å². The van der Waals surface area contributed by atoms with Gasteiger partial charge < -0.3 is 26.1 Å². The van der Waals surface area contributed by atoms with Crippen LogP contribution in [0.1, 0.15) is 49.4 Å². The third kappa shape index (κ3) is 5.00. The Morgan fingerprint density at radius 3 is 2.66 bits per heavy atom. The number of oxime groups is 1. The molecule has 11 nitrogen and oxygen atoms in total. The molecule has 4 aromatic rings. The Hall–Kier alpha value is -3.80. The summed E-state index contributed by atoms with van der Waals surface area (Å²) >= 11 is 0. The molecule has 1 fully saturated rings. The molecule has 0 spiro atoms. The van der Waals surface area contributed by atoms with Crippen LogP contribution in [0.2, 0.25) is 0 Å². The highest BCUT2D eigenvalue weighted by molar-refractivity contribution is 5.88. The van der Waals surface area contributed by atoms with E-state index < -0.39 is 5.60 Å². The van der Waals surface area contributed by atoms with Crippen molar-refractivity contribution in [2.75, 3.05) is 20.3 Å². The molecule has 1 aliphatic rings. The quantitative estimate of drug-likeness (QED) is 0.0951. The van der Waals surface area contributed by atoms with Crippen molar-refractivity contribution in [3.8, 4) is 16.8 Å². The van der Waals surface area contributed by atoms with Crippen LogP contribution in [0.4, 0.5) is 0 Å². The Balaban J connectivity index is 1.41. The molecule has 1 saturated carbocycles. The number of amidine groups is 1. The number of hydrogen-bond donors (Lipinski definition) is 3. The summed E-state index contributed by atoms with van der Waals surface area (Å²) in [6.45, 7) is 1.41. The number of benzene rings is 1. The molecule has 0 atom stereocenters. The number of hydrogen-bond acceptors (Lipinski definition) is 8. The van der Waals surface area contributed by atoms with Crippen molar-refractivity contribution in [2.45, 2.75) is 50.2 Å². The molecule has 3 aromatic heterocycles. The fraction of sp³-hybridized carbons (Fsp3) is 0.407. The summed E-state index contributed by atoms with van der Waals surface area (Å²) in [5.74, 6) is 0.301. The molecule has 0 radical (unpaired) electrons. The van der Waals surface area contributed by atoms with Crippen molar-refractivity contribution >= 4 is 11.5 Å². The van der Waals surface area contributed by atoms with Gasteiger partial charge in [0, 0.05) is 49.2 Å². The minimum absolute atomic E-state index is 0.118. The van der Waals surface area contributed by atoms with Crippen molar-refractivity contribution < 1.29 is 14.7 Å². The molecule has 5 N–H and O–H groups in total. The van der Waals surface area contributed by atoms with E-state index in [1.54, 1.807) is 11.6 Å². The summed E-state index contributed by atoms with van der Waals surface area (Å²) in [7, 11) is 1.66. The number of methoxy groups -OCH3 is 1. The Morgan fingerprint density at radius 2 is 1.95 bits per heavy atom. The van der Waals surface area contributed by atoms with Gasteiger partial charge in [0.05, 0.1) is 30.4 Å². The lowest BCUT2D eigenvalue weighted by Crippen LogP contribution is -2.49. The van der Waals surface area contributed by atoms with Gasteiger partial charge in [0.2, 0.25) is 0 Å². The second-order valence-corrected chi connectivity index (χ2v) is 9.63. The van der Waals surface area contributed by atoms with Crippen LogP contribution in [-0.2, 0) is 16.0 Å². The molecule has 0 aliphatic heterocycles. The second-order valence-electron chi connectivity index (χ2n) is 9.63. The first-order chi connectivity index (χ1) is 18.6. The van der Waals surface area contributed by atoms with Crippen molar-refractivity contribution in [3.63, 3.8) is 0 Å². The molecule has 11 heteroatoms. The van der Waals surface area contributed by atoms with Crippen molar-refractivity contribution in [1.29, 1.82) is 0 Å². The van der Waals surface area contributed by atoms with Crippen LogP contribution in [0.15, 0.2) is 60.1 Å². The minimum Gasteiger partial charge on any atom is -0.409 e. The molecule has 0 unspecified atom stereocenters. The molecular weight excluding hydrogens is 484 g/mol. The van der Waals surface area contributed by atoms with Crippen LogP contribution in [0, 0.1) is 0 Å². The first-order valence-corrected chi connectivity index (χ1v) is 12.9. The van der Waals surface area contributed by atoms with Gasteiger partial charge in [0.1, 0.15) is 5.60 Å². The van der Waals surface area contributed by atoms with Gasteiger partial charge in [-0.05, 0) is 50.3 Å². The number of aromatic nitrogens is 5. The SMILES string of the molecule is COCCCOC1(C(N)=NO)CCC(c2cc(CN)n3ncc(-c4cnn(-c5ccccc5)c4)c3n2)CC1. The standard InChI is InChI=1S/C27H34N8O3/c1-37-12-5-13-38-27(26(29)33-36)10-8-19(9-11-27)24-14-22(15-28)35-25(32-24)23(17-31-35)20-16-30-34(18-20)21-6-3-2-4-7-21/h2-4,6-7,14,16-19,36H,5,8-13,15,28H2,1H3,(H2,29,33). The Morgan fingerprint density at radius 1 is 1.16 bits per heavy atom. The van der Waals surface area contributed by atoms with Crippen LogP contribution < -0.4 is 11.5 Å². The average Bonchev–Trinajstić information content (AvgIpc) is 3.63. The highest BCUT2D eigenvalue weighted by Crippen LogP contribution is 2.40. The summed E-state index contributed by atoms with van der Waals surface area (Å²) in [5.41, 5.74) is 16.8. The maximum Gasteiger partial charge on any atom is 0.171 e. The molecule has 3 heterocycles. The molecule has 0 amide bonds. The number of para-hydroxylation sites is 1. The minimum atomic E-state index is -0.784. The predicted octanol–water partition coefficient (Wildman–Crippen LogP) is 3.24. The van der Waals surface area contributed by atoms with E-state index >= 15 is 0 Å². The highest BCUT2D eigenvalue weighted by atomic mass is 16.5.